The van der Waals surface area contributed by atoms with E-state index in [1.54, 1.807) is 31.4 Å². The van der Waals surface area contributed by atoms with Crippen LogP contribution in [0.15, 0.2) is 17.5 Å². The standard InChI is InChI=1S/C26H41N5O6S2/c1-14(2)20(27)24(35)38-10-8-7-9-16-11-18(32)28-12-19-29-17(13-39-19)22(33)31-26(5,6)25(36)30-21(15(3)4)23(34)37-16/h7,9,13-16,20-21,23,34H,8,10-12,27H2,1-6H3,(H,28,32)(H,30,36)(H,31,33)/b9-7+/t16?,20-,21-,23?/m0/s1. The molecule has 1 aromatic rings. The zero-order valence-electron chi connectivity index (χ0n) is 23.4. The Morgan fingerprint density at radius 1 is 1.31 bits per heavy atom. The van der Waals surface area contributed by atoms with Crippen molar-refractivity contribution in [2.24, 2.45) is 17.6 Å². The number of ether oxygens (including phenoxy) is 1. The second-order valence-corrected chi connectivity index (χ2v) is 12.7. The molecule has 1 aliphatic heterocycles. The van der Waals surface area contributed by atoms with Gasteiger partial charge in [0, 0.05) is 11.1 Å². The van der Waals surface area contributed by atoms with E-state index in [-0.39, 0.29) is 41.5 Å². The number of thiazole rings is 1. The molecule has 2 bridgehead atoms. The van der Waals surface area contributed by atoms with Crippen molar-refractivity contribution in [3.05, 3.63) is 28.2 Å². The number of rotatable bonds is 7. The number of allylic oxidation sites excluding steroid dienone is 1. The number of carbonyl (C=O) groups excluding carboxylic acids is 4. The minimum absolute atomic E-state index is 0.0551. The van der Waals surface area contributed by atoms with Crippen LogP contribution in [-0.2, 0) is 25.7 Å². The fourth-order valence-corrected chi connectivity index (χ4v) is 5.13. The van der Waals surface area contributed by atoms with Gasteiger partial charge >= 0.3 is 0 Å². The van der Waals surface area contributed by atoms with Gasteiger partial charge < -0.3 is 31.5 Å². The van der Waals surface area contributed by atoms with E-state index < -0.39 is 41.8 Å². The maximum atomic E-state index is 13.1. The van der Waals surface area contributed by atoms with Gasteiger partial charge in [-0.25, -0.2) is 4.98 Å². The van der Waals surface area contributed by atoms with E-state index >= 15 is 0 Å². The van der Waals surface area contributed by atoms with Gasteiger partial charge in [-0.05, 0) is 32.1 Å². The summed E-state index contributed by atoms with van der Waals surface area (Å²) in [4.78, 5) is 54.9. The predicted octanol–water partition coefficient (Wildman–Crippen LogP) is 1.71. The Bertz CT molecular complexity index is 1040. The molecule has 2 unspecified atom stereocenters. The van der Waals surface area contributed by atoms with E-state index in [9.17, 15) is 24.3 Å². The first-order chi connectivity index (χ1) is 18.2. The predicted molar refractivity (Wildman–Crippen MR) is 152 cm³/mol. The molecule has 11 nitrogen and oxygen atoms in total. The van der Waals surface area contributed by atoms with E-state index in [0.29, 0.717) is 17.2 Å². The first-order valence-corrected chi connectivity index (χ1v) is 14.8. The molecule has 0 radical (unpaired) electrons. The lowest BCUT2D eigenvalue weighted by Crippen LogP contribution is -2.60. The van der Waals surface area contributed by atoms with Crippen LogP contribution in [0.2, 0.25) is 0 Å². The lowest BCUT2D eigenvalue weighted by Gasteiger charge is -2.33. The number of thioether (sulfide) groups is 1. The normalized spacial score (nSPS) is 23.9. The smallest absolute Gasteiger partial charge is 0.271 e. The van der Waals surface area contributed by atoms with Gasteiger partial charge in [-0.2, -0.15) is 0 Å². The van der Waals surface area contributed by atoms with E-state index in [4.69, 9.17) is 10.5 Å². The summed E-state index contributed by atoms with van der Waals surface area (Å²) in [7, 11) is 0. The minimum atomic E-state index is -1.44. The highest BCUT2D eigenvalue weighted by Gasteiger charge is 2.35. The number of fused-ring (bicyclic) bond motifs is 2. The molecule has 0 aromatic carbocycles. The Morgan fingerprint density at radius 2 is 2.00 bits per heavy atom. The molecule has 0 spiro atoms. The Kier molecular flexibility index (Phi) is 12.6. The highest BCUT2D eigenvalue weighted by Crippen LogP contribution is 2.18. The van der Waals surface area contributed by atoms with Crippen LogP contribution in [0.4, 0.5) is 0 Å². The third-order valence-corrected chi connectivity index (χ3v) is 7.95. The molecule has 4 atom stereocenters. The second-order valence-electron chi connectivity index (χ2n) is 10.6. The van der Waals surface area contributed by atoms with Gasteiger partial charge in [-0.1, -0.05) is 51.6 Å². The molecule has 3 amide bonds. The number of nitrogens with one attached hydrogen (secondary N) is 3. The summed E-state index contributed by atoms with van der Waals surface area (Å²) in [5.74, 6) is -1.05. The third-order valence-electron chi connectivity index (χ3n) is 6.11. The van der Waals surface area contributed by atoms with Gasteiger partial charge in [0.25, 0.3) is 5.91 Å². The Morgan fingerprint density at radius 3 is 2.64 bits per heavy atom. The first-order valence-electron chi connectivity index (χ1n) is 13.0. The van der Waals surface area contributed by atoms with Crippen LogP contribution in [0.1, 0.15) is 69.9 Å². The molecule has 218 valence electrons. The van der Waals surface area contributed by atoms with Gasteiger partial charge in [0.2, 0.25) is 16.9 Å². The van der Waals surface area contributed by atoms with Crippen molar-refractivity contribution >= 4 is 45.9 Å². The average molecular weight is 584 g/mol. The lowest BCUT2D eigenvalue weighted by atomic mass is 9.99. The molecule has 13 heteroatoms. The van der Waals surface area contributed by atoms with E-state index in [1.165, 1.54) is 11.3 Å². The minimum Gasteiger partial charge on any atom is -0.366 e. The summed E-state index contributed by atoms with van der Waals surface area (Å²) in [6.07, 6.45) is 1.65. The number of aliphatic hydroxyl groups is 1. The van der Waals surface area contributed by atoms with Gasteiger partial charge in [0.15, 0.2) is 6.29 Å². The largest absolute Gasteiger partial charge is 0.366 e. The van der Waals surface area contributed by atoms with Crippen molar-refractivity contribution in [2.75, 3.05) is 5.75 Å². The van der Waals surface area contributed by atoms with Gasteiger partial charge in [0.05, 0.1) is 31.2 Å². The van der Waals surface area contributed by atoms with Crippen LogP contribution in [0.25, 0.3) is 0 Å². The summed E-state index contributed by atoms with van der Waals surface area (Å²) in [5.41, 5.74) is 4.74. The number of aromatic nitrogens is 1. The highest BCUT2D eigenvalue weighted by molar-refractivity contribution is 8.13. The number of hydrogen-bond donors (Lipinski definition) is 5. The van der Waals surface area contributed by atoms with Crippen molar-refractivity contribution < 1.29 is 29.0 Å². The highest BCUT2D eigenvalue weighted by atomic mass is 32.2. The molecule has 2 rings (SSSR count). The Balaban J connectivity index is 2.21. The van der Waals surface area contributed by atoms with E-state index in [2.05, 4.69) is 20.9 Å². The van der Waals surface area contributed by atoms with Crippen molar-refractivity contribution in [1.29, 1.82) is 0 Å². The zero-order chi connectivity index (χ0) is 29.3. The van der Waals surface area contributed by atoms with Crippen molar-refractivity contribution in [1.82, 2.24) is 20.9 Å². The summed E-state index contributed by atoms with van der Waals surface area (Å²) in [6, 6.07) is -1.35. The monoisotopic (exact) mass is 583 g/mol. The summed E-state index contributed by atoms with van der Waals surface area (Å²) < 4.78 is 5.86. The molecule has 2 heterocycles. The number of hydrogen-bond acceptors (Lipinski definition) is 10. The van der Waals surface area contributed by atoms with E-state index in [1.807, 2.05) is 27.7 Å². The van der Waals surface area contributed by atoms with Crippen molar-refractivity contribution in [2.45, 2.75) is 90.9 Å². The topological polar surface area (TPSA) is 173 Å². The average Bonchev–Trinajstić information content (AvgIpc) is 3.33. The molecule has 0 aliphatic carbocycles. The number of nitrogens with zero attached hydrogens (tertiary/aromatic N) is 1. The second kappa shape index (κ2) is 14.9. The number of amides is 3. The number of carbonyl (C=O) groups is 4. The molecular formula is C26H41N5O6S2. The molecule has 0 saturated carbocycles. The van der Waals surface area contributed by atoms with Crippen LogP contribution < -0.4 is 21.7 Å². The molecule has 1 aromatic heterocycles. The first kappa shape index (κ1) is 32.9. The van der Waals surface area contributed by atoms with Crippen molar-refractivity contribution in [3.8, 4) is 0 Å². The maximum Gasteiger partial charge on any atom is 0.271 e. The summed E-state index contributed by atoms with van der Waals surface area (Å²) in [5, 5.41) is 21.2. The molecule has 0 fully saturated rings. The van der Waals surface area contributed by atoms with Crippen molar-refractivity contribution in [3.63, 3.8) is 0 Å². The van der Waals surface area contributed by atoms with Crippen LogP contribution in [-0.4, -0.2) is 68.7 Å². The third kappa shape index (κ3) is 10.3. The zero-order valence-corrected chi connectivity index (χ0v) is 25.0. The number of nitrogens with two attached hydrogens (primary N) is 1. The summed E-state index contributed by atoms with van der Waals surface area (Å²) >= 11 is 2.37. The van der Waals surface area contributed by atoms with Gasteiger partial charge in [-0.15, -0.1) is 11.3 Å². The van der Waals surface area contributed by atoms with Gasteiger partial charge in [0.1, 0.15) is 16.2 Å². The fourth-order valence-electron chi connectivity index (χ4n) is 3.50. The Hall–Kier alpha value is -2.32. The summed E-state index contributed by atoms with van der Waals surface area (Å²) in [6.45, 7) is 10.6. The molecular weight excluding hydrogens is 542 g/mol. The van der Waals surface area contributed by atoms with Crippen LogP contribution in [0.5, 0.6) is 0 Å². The quantitative estimate of drug-likeness (QED) is 0.237. The Labute approximate surface area is 238 Å². The molecule has 0 saturated heterocycles. The molecule has 1 aliphatic rings. The van der Waals surface area contributed by atoms with Crippen LogP contribution >= 0.6 is 23.1 Å². The molecule has 6 N–H and O–H groups in total. The fraction of sp³-hybridized carbons (Fsp3) is 0.654. The SMILES string of the molecule is CC(C)[C@@H]1NC(=O)C(C)(C)NC(=O)c2csc(n2)CNC(=O)CC(/C=C/CCSC(=O)[C@@H](N)C(C)C)OC1O. The van der Waals surface area contributed by atoms with Gasteiger partial charge in [-0.3, -0.25) is 19.2 Å². The van der Waals surface area contributed by atoms with Crippen LogP contribution in [0, 0.1) is 11.8 Å². The lowest BCUT2D eigenvalue weighted by molar-refractivity contribution is -0.159. The number of aliphatic hydroxyl groups excluding tert-OH is 1. The maximum absolute atomic E-state index is 13.1. The molecule has 39 heavy (non-hydrogen) atoms. The van der Waals surface area contributed by atoms with Crippen LogP contribution in [0.3, 0.4) is 0 Å². The van der Waals surface area contributed by atoms with E-state index in [0.717, 1.165) is 11.8 Å².